The summed E-state index contributed by atoms with van der Waals surface area (Å²) in [6.45, 7) is 8.43. The maximum absolute atomic E-state index is 12.7. The highest BCUT2D eigenvalue weighted by molar-refractivity contribution is 5.96. The summed E-state index contributed by atoms with van der Waals surface area (Å²) in [6, 6.07) is 12.8. The number of esters is 1. The number of carbonyl (C=O) groups excluding carboxylic acids is 1. The third kappa shape index (κ3) is 4.93. The summed E-state index contributed by atoms with van der Waals surface area (Å²) in [6.07, 6.45) is -0.274. The van der Waals surface area contributed by atoms with E-state index in [0.717, 1.165) is 0 Å². The quantitative estimate of drug-likeness (QED) is 0.552. The van der Waals surface area contributed by atoms with Crippen molar-refractivity contribution in [3.05, 3.63) is 48.2 Å². The Balaban J connectivity index is 2.08. The Bertz CT molecular complexity index is 1000. The molecule has 3 aromatic rings. The van der Waals surface area contributed by atoms with Crippen LogP contribution in [0, 0.1) is 0 Å². The summed E-state index contributed by atoms with van der Waals surface area (Å²) >= 11 is 0. The van der Waals surface area contributed by atoms with Gasteiger partial charge in [-0.25, -0.2) is 14.8 Å². The number of fused-ring (bicyclic) bond motifs is 1. The molecule has 1 aromatic heterocycles. The standard InChI is InChI=1S/C22H25N3O4/c1-5-27-15-11-12-19(28-6-2)18(13-15)25-21-20(22(26)29-14(3)4)23-16-9-7-8-10-17(16)24-21/h7-14H,5-6H2,1-4H3,(H,24,25). The van der Waals surface area contributed by atoms with Crippen LogP contribution in [0.5, 0.6) is 11.5 Å². The van der Waals surface area contributed by atoms with Gasteiger partial charge in [-0.05, 0) is 52.0 Å². The van der Waals surface area contributed by atoms with Crippen molar-refractivity contribution in [2.24, 2.45) is 0 Å². The molecule has 7 nitrogen and oxygen atoms in total. The first-order valence-corrected chi connectivity index (χ1v) is 9.66. The van der Waals surface area contributed by atoms with Crippen molar-refractivity contribution in [3.8, 4) is 11.5 Å². The fourth-order valence-electron chi connectivity index (χ4n) is 2.77. The summed E-state index contributed by atoms with van der Waals surface area (Å²) in [5, 5.41) is 3.19. The van der Waals surface area contributed by atoms with Gasteiger partial charge in [0.25, 0.3) is 0 Å². The van der Waals surface area contributed by atoms with E-state index < -0.39 is 5.97 Å². The molecule has 0 amide bonds. The molecule has 152 valence electrons. The molecule has 1 heterocycles. The zero-order valence-electron chi connectivity index (χ0n) is 17.1. The molecule has 0 spiro atoms. The Morgan fingerprint density at radius 3 is 2.34 bits per heavy atom. The van der Waals surface area contributed by atoms with Crippen molar-refractivity contribution in [2.45, 2.75) is 33.8 Å². The minimum atomic E-state index is -0.542. The number of rotatable bonds is 8. The maximum atomic E-state index is 12.7. The van der Waals surface area contributed by atoms with Crippen molar-refractivity contribution >= 4 is 28.5 Å². The SMILES string of the molecule is CCOc1ccc(OCC)c(Nc2nc3ccccc3nc2C(=O)OC(C)C)c1. The van der Waals surface area contributed by atoms with Crippen LogP contribution < -0.4 is 14.8 Å². The molecule has 0 radical (unpaired) electrons. The van der Waals surface area contributed by atoms with E-state index in [2.05, 4.69) is 15.3 Å². The Morgan fingerprint density at radius 2 is 1.69 bits per heavy atom. The van der Waals surface area contributed by atoms with Crippen molar-refractivity contribution in [2.75, 3.05) is 18.5 Å². The fraction of sp³-hybridized carbons (Fsp3) is 0.318. The molecule has 0 unspecified atom stereocenters. The number of para-hydroxylation sites is 2. The van der Waals surface area contributed by atoms with Gasteiger partial charge < -0.3 is 19.5 Å². The number of nitrogens with zero attached hydrogens (tertiary/aromatic N) is 2. The highest BCUT2D eigenvalue weighted by Gasteiger charge is 2.20. The molecule has 7 heteroatoms. The molecule has 3 rings (SSSR count). The van der Waals surface area contributed by atoms with E-state index in [1.54, 1.807) is 19.9 Å². The van der Waals surface area contributed by atoms with E-state index >= 15 is 0 Å². The third-order valence-electron chi connectivity index (χ3n) is 3.92. The summed E-state index contributed by atoms with van der Waals surface area (Å²) in [5.74, 6) is 1.05. The summed E-state index contributed by atoms with van der Waals surface area (Å²) in [5.41, 5.74) is 2.01. The van der Waals surface area contributed by atoms with Crippen LogP contribution in [0.15, 0.2) is 42.5 Å². The van der Waals surface area contributed by atoms with Crippen LogP contribution >= 0.6 is 0 Å². The van der Waals surface area contributed by atoms with Gasteiger partial charge in [0, 0.05) is 6.07 Å². The second-order valence-corrected chi connectivity index (χ2v) is 6.51. The topological polar surface area (TPSA) is 82.6 Å². The van der Waals surface area contributed by atoms with Crippen molar-refractivity contribution < 1.29 is 19.0 Å². The Kier molecular flexibility index (Phi) is 6.49. The van der Waals surface area contributed by atoms with Gasteiger partial charge in [0.2, 0.25) is 0 Å². The zero-order chi connectivity index (χ0) is 20.8. The van der Waals surface area contributed by atoms with Gasteiger partial charge in [-0.3, -0.25) is 0 Å². The normalized spacial score (nSPS) is 10.8. The van der Waals surface area contributed by atoms with Crippen molar-refractivity contribution in [1.29, 1.82) is 0 Å². The molecule has 0 atom stereocenters. The van der Waals surface area contributed by atoms with Crippen LogP contribution in [0.2, 0.25) is 0 Å². The highest BCUT2D eigenvalue weighted by atomic mass is 16.5. The third-order valence-corrected chi connectivity index (χ3v) is 3.92. The van der Waals surface area contributed by atoms with Gasteiger partial charge in [0.15, 0.2) is 11.5 Å². The second kappa shape index (κ2) is 9.23. The first-order chi connectivity index (χ1) is 14.0. The van der Waals surface area contributed by atoms with E-state index in [4.69, 9.17) is 14.2 Å². The number of hydrogen-bond acceptors (Lipinski definition) is 7. The molecule has 0 aliphatic rings. The lowest BCUT2D eigenvalue weighted by molar-refractivity contribution is 0.0372. The van der Waals surface area contributed by atoms with E-state index in [-0.39, 0.29) is 11.8 Å². The molecule has 29 heavy (non-hydrogen) atoms. The van der Waals surface area contributed by atoms with Gasteiger partial charge in [-0.2, -0.15) is 0 Å². The van der Waals surface area contributed by atoms with Crippen molar-refractivity contribution in [3.63, 3.8) is 0 Å². The number of hydrogen-bond donors (Lipinski definition) is 1. The Morgan fingerprint density at radius 1 is 1.00 bits per heavy atom. The Labute approximate surface area is 170 Å². The van der Waals surface area contributed by atoms with Gasteiger partial charge >= 0.3 is 5.97 Å². The second-order valence-electron chi connectivity index (χ2n) is 6.51. The molecule has 2 aromatic carbocycles. The van der Waals surface area contributed by atoms with Gasteiger partial charge in [0.1, 0.15) is 11.5 Å². The number of carbonyl (C=O) groups is 1. The Hall–Kier alpha value is -3.35. The van der Waals surface area contributed by atoms with E-state index in [0.29, 0.717) is 47.3 Å². The zero-order valence-corrected chi connectivity index (χ0v) is 17.1. The molecule has 1 N–H and O–H groups in total. The predicted molar refractivity (Wildman–Crippen MR) is 112 cm³/mol. The van der Waals surface area contributed by atoms with Gasteiger partial charge in [-0.1, -0.05) is 12.1 Å². The average Bonchev–Trinajstić information content (AvgIpc) is 2.69. The molecule has 0 aliphatic carbocycles. The van der Waals surface area contributed by atoms with Crippen LogP contribution in [0.4, 0.5) is 11.5 Å². The lowest BCUT2D eigenvalue weighted by atomic mass is 10.2. The number of aromatic nitrogens is 2. The molecule has 0 saturated heterocycles. The minimum Gasteiger partial charge on any atom is -0.494 e. The van der Waals surface area contributed by atoms with E-state index in [1.165, 1.54) is 0 Å². The first kappa shape index (κ1) is 20.4. The van der Waals surface area contributed by atoms with Crippen LogP contribution in [0.3, 0.4) is 0 Å². The van der Waals surface area contributed by atoms with Crippen LogP contribution in [-0.4, -0.2) is 35.3 Å². The van der Waals surface area contributed by atoms with E-state index in [1.807, 2.05) is 50.2 Å². The maximum Gasteiger partial charge on any atom is 0.361 e. The average molecular weight is 395 g/mol. The highest BCUT2D eigenvalue weighted by Crippen LogP contribution is 2.33. The lowest BCUT2D eigenvalue weighted by Gasteiger charge is -2.16. The van der Waals surface area contributed by atoms with Gasteiger partial charge in [0.05, 0.1) is 36.0 Å². The van der Waals surface area contributed by atoms with Crippen LogP contribution in [0.25, 0.3) is 11.0 Å². The summed E-state index contributed by atoms with van der Waals surface area (Å²) in [7, 11) is 0. The molecule has 0 bridgehead atoms. The molecule has 0 aliphatic heterocycles. The van der Waals surface area contributed by atoms with Gasteiger partial charge in [-0.15, -0.1) is 0 Å². The largest absolute Gasteiger partial charge is 0.494 e. The lowest BCUT2D eigenvalue weighted by Crippen LogP contribution is -2.16. The van der Waals surface area contributed by atoms with E-state index in [9.17, 15) is 4.79 Å². The molecular formula is C22H25N3O4. The summed E-state index contributed by atoms with van der Waals surface area (Å²) < 4.78 is 16.7. The van der Waals surface area contributed by atoms with Crippen LogP contribution in [0.1, 0.15) is 38.2 Å². The van der Waals surface area contributed by atoms with Crippen LogP contribution in [-0.2, 0) is 4.74 Å². The number of anilines is 2. The van der Waals surface area contributed by atoms with Crippen molar-refractivity contribution in [1.82, 2.24) is 9.97 Å². The molecule has 0 saturated carbocycles. The monoisotopic (exact) mass is 395 g/mol. The minimum absolute atomic E-state index is 0.113. The fourth-order valence-corrected chi connectivity index (χ4v) is 2.77. The molecular weight excluding hydrogens is 370 g/mol. The predicted octanol–water partition coefficient (Wildman–Crippen LogP) is 4.74. The molecule has 0 fully saturated rings. The number of nitrogens with one attached hydrogen (secondary N) is 1. The number of benzene rings is 2. The number of ether oxygens (including phenoxy) is 3. The summed E-state index contributed by atoms with van der Waals surface area (Å²) in [4.78, 5) is 21.8. The smallest absolute Gasteiger partial charge is 0.361 e. The first-order valence-electron chi connectivity index (χ1n) is 9.66.